The second-order valence-corrected chi connectivity index (χ2v) is 8.32. The maximum atomic E-state index is 6.56. The standard InChI is InChI=1S/C26H32N4O4/c1-3-32-22-13-17(12-19-15-29-26(28)30-25(19)27)14-23(34-21-6-4-5-7-21)24(22)18-8-10-20(11-9-18)33-16-31-2/h8-11,13-15,21H,3-7,12,16H2,1-2H3,(H4,27,28,29,30). The van der Waals surface area contributed by atoms with Crippen molar-refractivity contribution in [3.63, 3.8) is 0 Å². The molecule has 1 aromatic heterocycles. The summed E-state index contributed by atoms with van der Waals surface area (Å²) in [6.45, 7) is 2.70. The van der Waals surface area contributed by atoms with Crippen LogP contribution in [0.2, 0.25) is 0 Å². The predicted octanol–water partition coefficient (Wildman–Crippen LogP) is 4.60. The van der Waals surface area contributed by atoms with E-state index in [1.165, 1.54) is 12.8 Å². The van der Waals surface area contributed by atoms with Crippen LogP contribution >= 0.6 is 0 Å². The Kier molecular flexibility index (Phi) is 7.69. The van der Waals surface area contributed by atoms with Crippen molar-refractivity contribution >= 4 is 11.8 Å². The zero-order valence-electron chi connectivity index (χ0n) is 19.8. The average molecular weight is 465 g/mol. The molecule has 4 N–H and O–H groups in total. The molecule has 0 radical (unpaired) electrons. The summed E-state index contributed by atoms with van der Waals surface area (Å²) in [6.07, 6.45) is 6.87. The van der Waals surface area contributed by atoms with Gasteiger partial charge < -0.3 is 30.4 Å². The molecular formula is C26H32N4O4. The topological polar surface area (TPSA) is 115 Å². The monoisotopic (exact) mass is 464 g/mol. The number of ether oxygens (including phenoxy) is 4. The van der Waals surface area contributed by atoms with E-state index in [0.29, 0.717) is 18.8 Å². The first-order valence-corrected chi connectivity index (χ1v) is 11.6. The number of nitrogens with zero attached hydrogens (tertiary/aromatic N) is 2. The van der Waals surface area contributed by atoms with Gasteiger partial charge in [-0.3, -0.25) is 0 Å². The third kappa shape index (κ3) is 5.69. The predicted molar refractivity (Wildman–Crippen MR) is 132 cm³/mol. The molecule has 180 valence electrons. The highest BCUT2D eigenvalue weighted by Crippen LogP contribution is 2.42. The first-order valence-electron chi connectivity index (χ1n) is 11.6. The van der Waals surface area contributed by atoms with Gasteiger partial charge in [-0.05, 0) is 68.0 Å². The molecule has 1 fully saturated rings. The van der Waals surface area contributed by atoms with Gasteiger partial charge in [0.25, 0.3) is 0 Å². The van der Waals surface area contributed by atoms with E-state index in [0.717, 1.165) is 52.3 Å². The Balaban J connectivity index is 1.74. The van der Waals surface area contributed by atoms with Gasteiger partial charge in [-0.2, -0.15) is 4.98 Å². The molecule has 1 aliphatic rings. The van der Waals surface area contributed by atoms with Gasteiger partial charge in [-0.1, -0.05) is 12.1 Å². The fraction of sp³-hybridized carbons (Fsp3) is 0.385. The first-order chi connectivity index (χ1) is 16.6. The number of aromatic nitrogens is 2. The zero-order chi connectivity index (χ0) is 23.9. The van der Waals surface area contributed by atoms with E-state index < -0.39 is 0 Å². The smallest absolute Gasteiger partial charge is 0.221 e. The van der Waals surface area contributed by atoms with Gasteiger partial charge in [-0.25, -0.2) is 4.98 Å². The minimum atomic E-state index is 0.162. The van der Waals surface area contributed by atoms with Gasteiger partial charge in [0.15, 0.2) is 6.79 Å². The molecule has 4 rings (SSSR count). The van der Waals surface area contributed by atoms with Crippen molar-refractivity contribution in [2.45, 2.75) is 45.1 Å². The lowest BCUT2D eigenvalue weighted by atomic mass is 9.98. The quantitative estimate of drug-likeness (QED) is 0.418. The maximum Gasteiger partial charge on any atom is 0.221 e. The largest absolute Gasteiger partial charge is 0.493 e. The van der Waals surface area contributed by atoms with Crippen molar-refractivity contribution < 1.29 is 18.9 Å². The van der Waals surface area contributed by atoms with Gasteiger partial charge in [0.1, 0.15) is 23.1 Å². The highest BCUT2D eigenvalue weighted by atomic mass is 16.7. The van der Waals surface area contributed by atoms with Crippen LogP contribution in [-0.4, -0.2) is 36.6 Å². The average Bonchev–Trinajstić information content (AvgIpc) is 3.33. The molecule has 8 nitrogen and oxygen atoms in total. The fourth-order valence-electron chi connectivity index (χ4n) is 4.21. The lowest BCUT2D eigenvalue weighted by Gasteiger charge is -2.21. The van der Waals surface area contributed by atoms with Crippen LogP contribution in [0.3, 0.4) is 0 Å². The van der Waals surface area contributed by atoms with Crippen LogP contribution in [-0.2, 0) is 11.2 Å². The molecule has 0 bridgehead atoms. The Labute approximate surface area is 200 Å². The molecule has 0 saturated heterocycles. The summed E-state index contributed by atoms with van der Waals surface area (Å²) in [4.78, 5) is 8.19. The molecule has 0 spiro atoms. The van der Waals surface area contributed by atoms with Crippen LogP contribution in [0.15, 0.2) is 42.6 Å². The Morgan fingerprint density at radius 2 is 1.74 bits per heavy atom. The summed E-state index contributed by atoms with van der Waals surface area (Å²) >= 11 is 0. The molecule has 1 aliphatic carbocycles. The number of rotatable bonds is 10. The van der Waals surface area contributed by atoms with Crippen LogP contribution in [0.4, 0.5) is 11.8 Å². The summed E-state index contributed by atoms with van der Waals surface area (Å²) in [5, 5.41) is 0. The van der Waals surface area contributed by atoms with Gasteiger partial charge in [0.05, 0.1) is 18.3 Å². The number of nitrogens with two attached hydrogens (primary N) is 2. The lowest BCUT2D eigenvalue weighted by molar-refractivity contribution is 0.0511. The van der Waals surface area contributed by atoms with E-state index in [-0.39, 0.29) is 18.8 Å². The highest BCUT2D eigenvalue weighted by Gasteiger charge is 2.22. The summed E-state index contributed by atoms with van der Waals surface area (Å²) in [5.74, 6) is 2.83. The van der Waals surface area contributed by atoms with Crippen LogP contribution in [0, 0.1) is 0 Å². The van der Waals surface area contributed by atoms with Gasteiger partial charge in [0, 0.05) is 25.3 Å². The molecule has 1 saturated carbocycles. The number of benzene rings is 2. The molecule has 0 unspecified atom stereocenters. The summed E-state index contributed by atoms with van der Waals surface area (Å²) in [6, 6.07) is 12.0. The van der Waals surface area contributed by atoms with E-state index in [2.05, 4.69) is 16.0 Å². The van der Waals surface area contributed by atoms with Crippen molar-refractivity contribution in [2.24, 2.45) is 0 Å². The van der Waals surface area contributed by atoms with Crippen molar-refractivity contribution in [2.75, 3.05) is 32.0 Å². The Hall–Kier alpha value is -3.52. The Morgan fingerprint density at radius 3 is 2.41 bits per heavy atom. The first kappa shape index (κ1) is 23.6. The zero-order valence-corrected chi connectivity index (χ0v) is 19.8. The second-order valence-electron chi connectivity index (χ2n) is 8.32. The van der Waals surface area contributed by atoms with E-state index in [1.807, 2.05) is 37.3 Å². The Morgan fingerprint density at radius 1 is 1.00 bits per heavy atom. The molecule has 1 heterocycles. The molecule has 3 aromatic rings. The molecular weight excluding hydrogens is 432 g/mol. The summed E-state index contributed by atoms with van der Waals surface area (Å²) < 4.78 is 23.2. The molecule has 0 atom stereocenters. The van der Waals surface area contributed by atoms with Gasteiger partial charge in [-0.15, -0.1) is 0 Å². The van der Waals surface area contributed by atoms with E-state index in [4.69, 9.17) is 30.4 Å². The molecule has 34 heavy (non-hydrogen) atoms. The van der Waals surface area contributed by atoms with Crippen LogP contribution in [0.5, 0.6) is 17.2 Å². The van der Waals surface area contributed by atoms with E-state index in [1.54, 1.807) is 13.3 Å². The van der Waals surface area contributed by atoms with E-state index in [9.17, 15) is 0 Å². The SMILES string of the molecule is CCOc1cc(Cc2cnc(N)nc2N)cc(OC2CCCC2)c1-c1ccc(OCOC)cc1. The van der Waals surface area contributed by atoms with Gasteiger partial charge in [0.2, 0.25) is 5.95 Å². The number of methoxy groups -OCH3 is 1. The second kappa shape index (κ2) is 11.1. The third-order valence-electron chi connectivity index (χ3n) is 5.82. The van der Waals surface area contributed by atoms with Crippen molar-refractivity contribution in [3.8, 4) is 28.4 Å². The number of hydrogen-bond donors (Lipinski definition) is 2. The minimum absolute atomic E-state index is 0.162. The number of anilines is 2. The van der Waals surface area contributed by atoms with Crippen LogP contribution < -0.4 is 25.7 Å². The lowest BCUT2D eigenvalue weighted by Crippen LogP contribution is -2.12. The van der Waals surface area contributed by atoms with Crippen LogP contribution in [0.1, 0.15) is 43.7 Å². The molecule has 0 aliphatic heterocycles. The van der Waals surface area contributed by atoms with E-state index >= 15 is 0 Å². The van der Waals surface area contributed by atoms with Crippen molar-refractivity contribution in [3.05, 3.63) is 53.7 Å². The molecule has 8 heteroatoms. The van der Waals surface area contributed by atoms with Crippen molar-refractivity contribution in [1.82, 2.24) is 9.97 Å². The number of nitrogen functional groups attached to an aromatic ring is 2. The normalized spacial score (nSPS) is 13.7. The fourth-order valence-corrected chi connectivity index (χ4v) is 4.21. The van der Waals surface area contributed by atoms with Crippen LogP contribution in [0.25, 0.3) is 11.1 Å². The minimum Gasteiger partial charge on any atom is -0.493 e. The summed E-state index contributed by atoms with van der Waals surface area (Å²) in [5.41, 5.74) is 15.5. The number of hydrogen-bond acceptors (Lipinski definition) is 8. The molecule has 0 amide bonds. The van der Waals surface area contributed by atoms with Gasteiger partial charge >= 0.3 is 0 Å². The Bertz CT molecular complexity index is 1100. The highest BCUT2D eigenvalue weighted by molar-refractivity contribution is 5.78. The molecule has 2 aromatic carbocycles. The third-order valence-corrected chi connectivity index (χ3v) is 5.82. The summed E-state index contributed by atoms with van der Waals surface area (Å²) in [7, 11) is 1.60. The maximum absolute atomic E-state index is 6.56. The van der Waals surface area contributed by atoms with Crippen molar-refractivity contribution in [1.29, 1.82) is 0 Å².